The summed E-state index contributed by atoms with van der Waals surface area (Å²) in [5.74, 6) is -0.0623. The molecular weight excluding hydrogens is 298 g/mol. The molecule has 1 aliphatic rings. The molecule has 118 valence electrons. The lowest BCUT2D eigenvalue weighted by Crippen LogP contribution is -2.13. The van der Waals surface area contributed by atoms with Crippen molar-refractivity contribution in [2.24, 2.45) is 0 Å². The van der Waals surface area contributed by atoms with Gasteiger partial charge < -0.3 is 15.8 Å². The van der Waals surface area contributed by atoms with Gasteiger partial charge in [0.15, 0.2) is 11.6 Å². The number of anilines is 2. The van der Waals surface area contributed by atoms with Gasteiger partial charge in [-0.2, -0.15) is 0 Å². The van der Waals surface area contributed by atoms with Gasteiger partial charge >= 0.3 is 0 Å². The average molecular weight is 313 g/mol. The highest BCUT2D eigenvalue weighted by Gasteiger charge is 2.35. The van der Waals surface area contributed by atoms with Crippen LogP contribution in [0.1, 0.15) is 41.5 Å². The smallest absolute Gasteiger partial charge is 0.298 e. The highest BCUT2D eigenvalue weighted by atomic mass is 16.5. The third-order valence-electron chi connectivity index (χ3n) is 3.46. The predicted molar refractivity (Wildman–Crippen MR) is 82.5 cm³/mol. The molecule has 3 rings (SSSR count). The van der Waals surface area contributed by atoms with Crippen molar-refractivity contribution in [2.45, 2.75) is 26.7 Å². The van der Waals surface area contributed by atoms with Gasteiger partial charge in [0.1, 0.15) is 23.0 Å². The summed E-state index contributed by atoms with van der Waals surface area (Å²) in [6.45, 7) is 5.57. The number of rotatable bonds is 3. The van der Waals surface area contributed by atoms with Crippen molar-refractivity contribution in [1.29, 1.82) is 0 Å². The van der Waals surface area contributed by atoms with Gasteiger partial charge in [0.05, 0.1) is 6.20 Å². The van der Waals surface area contributed by atoms with Crippen LogP contribution in [0.15, 0.2) is 12.4 Å². The summed E-state index contributed by atoms with van der Waals surface area (Å²) >= 11 is 0. The highest BCUT2D eigenvalue weighted by Crippen LogP contribution is 2.39. The molecular formula is C15H15N5O3. The van der Waals surface area contributed by atoms with Gasteiger partial charge in [-0.05, 0) is 12.8 Å². The van der Waals surface area contributed by atoms with Crippen LogP contribution in [0.5, 0.6) is 11.5 Å². The number of Topliss-reactive ketones (excluding diaryl/α,β-unsaturated/α-hetero) is 1. The van der Waals surface area contributed by atoms with E-state index in [9.17, 15) is 9.59 Å². The molecule has 3 N–H and O–H groups in total. The van der Waals surface area contributed by atoms with E-state index >= 15 is 0 Å². The fraction of sp³-hybridized carbons (Fsp3) is 0.267. The molecule has 0 unspecified atom stereocenters. The summed E-state index contributed by atoms with van der Waals surface area (Å²) in [7, 11) is 0. The van der Waals surface area contributed by atoms with E-state index in [0.29, 0.717) is 11.4 Å². The van der Waals surface area contributed by atoms with Crippen LogP contribution in [-0.4, -0.2) is 26.6 Å². The molecule has 0 spiro atoms. The largest absolute Gasteiger partial charge is 0.451 e. The predicted octanol–water partition coefficient (Wildman–Crippen LogP) is 1.81. The number of nitrogens with zero attached hydrogens (tertiary/aromatic N) is 3. The van der Waals surface area contributed by atoms with E-state index in [1.807, 2.05) is 13.8 Å². The van der Waals surface area contributed by atoms with Gasteiger partial charge in [0, 0.05) is 11.8 Å². The van der Waals surface area contributed by atoms with Crippen LogP contribution < -0.4 is 15.8 Å². The molecule has 2 aromatic heterocycles. The molecule has 8 heteroatoms. The van der Waals surface area contributed by atoms with Crippen molar-refractivity contribution in [1.82, 2.24) is 15.0 Å². The molecule has 3 heterocycles. The zero-order chi connectivity index (χ0) is 16.7. The third-order valence-corrected chi connectivity index (χ3v) is 3.46. The first-order valence-corrected chi connectivity index (χ1v) is 7.04. The molecule has 0 bridgehead atoms. The van der Waals surface area contributed by atoms with Crippen molar-refractivity contribution in [3.8, 4) is 11.5 Å². The first-order valence-electron chi connectivity index (χ1n) is 7.04. The molecule has 0 fully saturated rings. The van der Waals surface area contributed by atoms with Crippen LogP contribution in [0.3, 0.4) is 0 Å². The second-order valence-electron chi connectivity index (χ2n) is 5.47. The highest BCUT2D eigenvalue weighted by molar-refractivity contribution is 6.52. The number of nitrogens with one attached hydrogen (secondary N) is 1. The molecule has 1 amide bonds. The van der Waals surface area contributed by atoms with Gasteiger partial charge in [0.25, 0.3) is 11.7 Å². The number of aromatic nitrogens is 3. The first-order chi connectivity index (χ1) is 10.9. The van der Waals surface area contributed by atoms with Gasteiger partial charge in [-0.3, -0.25) is 9.59 Å². The summed E-state index contributed by atoms with van der Waals surface area (Å²) < 4.78 is 5.82. The van der Waals surface area contributed by atoms with E-state index in [2.05, 4.69) is 20.3 Å². The van der Waals surface area contributed by atoms with Crippen LogP contribution in [0.4, 0.5) is 11.6 Å². The third kappa shape index (κ3) is 2.48. The van der Waals surface area contributed by atoms with Crippen molar-refractivity contribution in [3.63, 3.8) is 0 Å². The maximum atomic E-state index is 12.1. The van der Waals surface area contributed by atoms with Gasteiger partial charge in [-0.1, -0.05) is 13.8 Å². The number of carbonyl (C=O) groups excluding carboxylic acids is 2. The van der Waals surface area contributed by atoms with Crippen LogP contribution >= 0.6 is 0 Å². The van der Waals surface area contributed by atoms with E-state index in [1.165, 1.54) is 6.20 Å². The molecule has 0 aliphatic carbocycles. The summed E-state index contributed by atoms with van der Waals surface area (Å²) in [6.07, 6.45) is 3.01. The summed E-state index contributed by atoms with van der Waals surface area (Å²) in [5, 5.41) is 2.42. The molecule has 2 aromatic rings. The Kier molecular flexibility index (Phi) is 3.44. The van der Waals surface area contributed by atoms with E-state index < -0.39 is 11.7 Å². The van der Waals surface area contributed by atoms with Gasteiger partial charge in [-0.25, -0.2) is 15.0 Å². The molecule has 1 aliphatic heterocycles. The van der Waals surface area contributed by atoms with E-state index in [1.54, 1.807) is 13.1 Å². The Hall–Kier alpha value is -3.03. The topological polar surface area (TPSA) is 120 Å². The average Bonchev–Trinajstić information content (AvgIpc) is 2.77. The number of pyridine rings is 1. The lowest BCUT2D eigenvalue weighted by atomic mass is 10.0. The number of hydrogen-bond acceptors (Lipinski definition) is 7. The molecule has 0 aromatic carbocycles. The zero-order valence-electron chi connectivity index (χ0n) is 12.9. The number of ether oxygens (including phenoxy) is 1. The Morgan fingerprint density at radius 1 is 1.22 bits per heavy atom. The summed E-state index contributed by atoms with van der Waals surface area (Å²) in [4.78, 5) is 35.9. The SMILES string of the molecule is Cc1ncc(Oc2c(C(C)C)cnc3c2C(=O)C(=O)N3)c(N)n1. The van der Waals surface area contributed by atoms with E-state index in [0.717, 1.165) is 0 Å². The van der Waals surface area contributed by atoms with E-state index in [-0.39, 0.29) is 34.6 Å². The Morgan fingerprint density at radius 2 is 1.96 bits per heavy atom. The van der Waals surface area contributed by atoms with E-state index in [4.69, 9.17) is 10.5 Å². The summed E-state index contributed by atoms with van der Waals surface area (Å²) in [5.41, 5.74) is 6.64. The molecule has 0 saturated carbocycles. The van der Waals surface area contributed by atoms with Crippen molar-refractivity contribution < 1.29 is 14.3 Å². The molecule has 0 radical (unpaired) electrons. The standard InChI is InChI=1S/C15H15N5O3/c1-6(2)8-4-18-14-10(11(21)15(22)20-14)12(8)23-9-5-17-7(3)19-13(9)16/h4-6H,1-3H3,(H2,16,17,19)(H,18,20,21,22). The molecule has 0 saturated heterocycles. The molecule has 23 heavy (non-hydrogen) atoms. The monoisotopic (exact) mass is 313 g/mol. The van der Waals surface area contributed by atoms with Crippen molar-refractivity contribution in [2.75, 3.05) is 11.1 Å². The second kappa shape index (κ2) is 5.31. The number of aryl methyl sites for hydroxylation is 1. The first kappa shape index (κ1) is 14.9. The number of hydrogen-bond donors (Lipinski definition) is 2. The Labute approximate surface area is 132 Å². The van der Waals surface area contributed by atoms with Crippen LogP contribution in [-0.2, 0) is 4.79 Å². The lowest BCUT2D eigenvalue weighted by Gasteiger charge is -2.16. The minimum atomic E-state index is -0.730. The maximum Gasteiger partial charge on any atom is 0.298 e. The molecule has 8 nitrogen and oxygen atoms in total. The molecule has 0 atom stereocenters. The second-order valence-corrected chi connectivity index (χ2v) is 5.47. The van der Waals surface area contributed by atoms with Gasteiger partial charge in [0.2, 0.25) is 0 Å². The number of nitrogens with two attached hydrogens (primary N) is 1. The maximum absolute atomic E-state index is 12.1. The minimum Gasteiger partial charge on any atom is -0.451 e. The van der Waals surface area contributed by atoms with Crippen LogP contribution in [0, 0.1) is 6.92 Å². The van der Waals surface area contributed by atoms with Crippen LogP contribution in [0.25, 0.3) is 0 Å². The summed E-state index contributed by atoms with van der Waals surface area (Å²) in [6, 6.07) is 0. The minimum absolute atomic E-state index is 0.0268. The number of amides is 1. The van der Waals surface area contributed by atoms with Crippen LogP contribution in [0.2, 0.25) is 0 Å². The number of carbonyl (C=O) groups is 2. The van der Waals surface area contributed by atoms with Crippen molar-refractivity contribution in [3.05, 3.63) is 29.3 Å². The fourth-order valence-corrected chi connectivity index (χ4v) is 2.28. The number of nitrogen functional groups attached to an aromatic ring is 1. The zero-order valence-corrected chi connectivity index (χ0v) is 12.9. The van der Waals surface area contributed by atoms with Crippen molar-refractivity contribution >= 4 is 23.3 Å². The van der Waals surface area contributed by atoms with Gasteiger partial charge in [-0.15, -0.1) is 0 Å². The number of ketones is 1. The fourth-order valence-electron chi connectivity index (χ4n) is 2.28. The Morgan fingerprint density at radius 3 is 2.61 bits per heavy atom. The Bertz CT molecular complexity index is 832. The lowest BCUT2D eigenvalue weighted by molar-refractivity contribution is -0.112. The normalized spacial score (nSPS) is 13.2. The quantitative estimate of drug-likeness (QED) is 0.829. The number of fused-ring (bicyclic) bond motifs is 1. The Balaban J connectivity index is 2.16.